The lowest BCUT2D eigenvalue weighted by Crippen LogP contribution is -2.20. The van der Waals surface area contributed by atoms with Crippen molar-refractivity contribution in [3.05, 3.63) is 65.2 Å². The molecule has 116 valence electrons. The van der Waals surface area contributed by atoms with E-state index in [2.05, 4.69) is 20.6 Å². The lowest BCUT2D eigenvalue weighted by Gasteiger charge is -2.09. The van der Waals surface area contributed by atoms with Gasteiger partial charge in [0.25, 0.3) is 5.78 Å². The summed E-state index contributed by atoms with van der Waals surface area (Å²) in [6, 6.07) is 11.9. The third-order valence-electron chi connectivity index (χ3n) is 3.54. The van der Waals surface area contributed by atoms with E-state index in [9.17, 15) is 9.59 Å². The van der Waals surface area contributed by atoms with Gasteiger partial charge in [0.05, 0.1) is 6.42 Å². The summed E-state index contributed by atoms with van der Waals surface area (Å²) < 4.78 is 1.95. The number of aromatic nitrogens is 5. The quantitative estimate of drug-likeness (QED) is 0.548. The van der Waals surface area contributed by atoms with Gasteiger partial charge >= 0.3 is 0 Å². The van der Waals surface area contributed by atoms with E-state index in [1.54, 1.807) is 0 Å². The predicted molar refractivity (Wildman–Crippen MR) is 81.9 cm³/mol. The van der Waals surface area contributed by atoms with Gasteiger partial charge in [-0.1, -0.05) is 29.8 Å². The molecule has 1 N–H and O–H groups in total. The summed E-state index contributed by atoms with van der Waals surface area (Å²) in [6.45, 7) is 2.68. The number of carbonyl (C=O) groups excluding carboxylic acids is 2. The largest absolute Gasteiger partial charge is 0.347 e. The van der Waals surface area contributed by atoms with Crippen LogP contribution in [0.5, 0.6) is 0 Å². The number of carbonyl (C=O) groups is 2. The van der Waals surface area contributed by atoms with Crippen LogP contribution in [0.2, 0.25) is 0 Å². The van der Waals surface area contributed by atoms with Crippen molar-refractivity contribution in [1.29, 1.82) is 0 Å². The molecule has 2 aromatic heterocycles. The van der Waals surface area contributed by atoms with Crippen molar-refractivity contribution in [3.63, 3.8) is 0 Å². The zero-order valence-corrected chi connectivity index (χ0v) is 12.6. The standard InChI is InChI=1S/C16H15N5O2/c1-11-4-6-12(7-5-11)10-21-8-2-3-13(21)9-14(22)15(23)16-17-19-20-18-16/h2-8H,9-10H2,1H3,(H,17,18,19,20). The highest BCUT2D eigenvalue weighted by Crippen LogP contribution is 2.11. The second-order valence-corrected chi connectivity index (χ2v) is 5.28. The van der Waals surface area contributed by atoms with Crippen molar-refractivity contribution in [2.24, 2.45) is 0 Å². The molecule has 0 atom stereocenters. The molecule has 7 nitrogen and oxygen atoms in total. The second kappa shape index (κ2) is 6.35. The molecule has 0 radical (unpaired) electrons. The van der Waals surface area contributed by atoms with E-state index in [0.717, 1.165) is 11.3 Å². The molecule has 3 rings (SSSR count). The van der Waals surface area contributed by atoms with E-state index in [-0.39, 0.29) is 12.2 Å². The fraction of sp³-hybridized carbons (Fsp3) is 0.188. The summed E-state index contributed by atoms with van der Waals surface area (Å²) >= 11 is 0. The zero-order valence-electron chi connectivity index (χ0n) is 12.6. The van der Waals surface area contributed by atoms with Crippen molar-refractivity contribution < 1.29 is 9.59 Å². The maximum absolute atomic E-state index is 12.1. The second-order valence-electron chi connectivity index (χ2n) is 5.28. The van der Waals surface area contributed by atoms with Gasteiger partial charge in [-0.05, 0) is 29.8 Å². The van der Waals surface area contributed by atoms with Gasteiger partial charge in [0.15, 0.2) is 0 Å². The van der Waals surface area contributed by atoms with Crippen molar-refractivity contribution in [2.45, 2.75) is 19.9 Å². The molecule has 0 aliphatic heterocycles. The summed E-state index contributed by atoms with van der Waals surface area (Å²) in [5.74, 6) is -1.50. The number of hydrogen-bond donors (Lipinski definition) is 1. The highest BCUT2D eigenvalue weighted by atomic mass is 16.2. The van der Waals surface area contributed by atoms with E-state index < -0.39 is 11.6 Å². The summed E-state index contributed by atoms with van der Waals surface area (Å²) in [6.07, 6.45) is 1.90. The van der Waals surface area contributed by atoms with Crippen LogP contribution in [0.15, 0.2) is 42.6 Å². The Morgan fingerprint density at radius 2 is 1.96 bits per heavy atom. The molecule has 0 unspecified atom stereocenters. The Morgan fingerprint density at radius 3 is 2.65 bits per heavy atom. The zero-order chi connectivity index (χ0) is 16.2. The molecule has 3 aromatic rings. The molecule has 0 bridgehead atoms. The van der Waals surface area contributed by atoms with Gasteiger partial charge in [0.2, 0.25) is 11.6 Å². The summed E-state index contributed by atoms with van der Waals surface area (Å²) in [5.41, 5.74) is 3.10. The molecule has 0 fully saturated rings. The number of nitrogens with one attached hydrogen (secondary N) is 1. The summed E-state index contributed by atoms with van der Waals surface area (Å²) in [7, 11) is 0. The van der Waals surface area contributed by atoms with Crippen molar-refractivity contribution in [2.75, 3.05) is 0 Å². The highest BCUT2D eigenvalue weighted by Gasteiger charge is 2.21. The lowest BCUT2D eigenvalue weighted by atomic mass is 10.1. The first-order valence-corrected chi connectivity index (χ1v) is 7.14. The maximum Gasteiger partial charge on any atom is 0.269 e. The van der Waals surface area contributed by atoms with Gasteiger partial charge in [-0.3, -0.25) is 9.59 Å². The number of benzene rings is 1. The number of rotatable bonds is 6. The smallest absolute Gasteiger partial charge is 0.269 e. The van der Waals surface area contributed by atoms with Crippen LogP contribution in [-0.2, 0) is 17.8 Å². The Labute approximate surface area is 132 Å². The van der Waals surface area contributed by atoms with Crippen LogP contribution in [0.1, 0.15) is 27.4 Å². The van der Waals surface area contributed by atoms with Crippen molar-refractivity contribution in [3.8, 4) is 0 Å². The number of hydrogen-bond acceptors (Lipinski definition) is 5. The van der Waals surface area contributed by atoms with E-state index in [4.69, 9.17) is 0 Å². The Bertz CT molecular complexity index is 819. The molecule has 2 heterocycles. The van der Waals surface area contributed by atoms with Gasteiger partial charge in [-0.2, -0.15) is 5.21 Å². The molecule has 0 amide bonds. The van der Waals surface area contributed by atoms with Gasteiger partial charge < -0.3 is 4.57 Å². The van der Waals surface area contributed by atoms with Crippen molar-refractivity contribution in [1.82, 2.24) is 25.2 Å². The molecular weight excluding hydrogens is 294 g/mol. The molecule has 23 heavy (non-hydrogen) atoms. The Morgan fingerprint density at radius 1 is 1.17 bits per heavy atom. The third-order valence-corrected chi connectivity index (χ3v) is 3.54. The minimum atomic E-state index is -0.734. The number of aromatic amines is 1. The Hall–Kier alpha value is -3.09. The summed E-state index contributed by atoms with van der Waals surface area (Å²) in [4.78, 5) is 24.0. The van der Waals surface area contributed by atoms with Gasteiger partial charge in [0.1, 0.15) is 0 Å². The fourth-order valence-electron chi connectivity index (χ4n) is 2.28. The topological polar surface area (TPSA) is 93.5 Å². The van der Waals surface area contributed by atoms with Crippen molar-refractivity contribution >= 4 is 11.6 Å². The van der Waals surface area contributed by atoms with Crippen LogP contribution in [0.25, 0.3) is 0 Å². The number of H-pyrrole nitrogens is 1. The molecule has 0 saturated heterocycles. The number of tetrazole rings is 1. The highest BCUT2D eigenvalue weighted by molar-refractivity contribution is 6.42. The first kappa shape index (κ1) is 14.8. The maximum atomic E-state index is 12.1. The Balaban J connectivity index is 1.72. The minimum absolute atomic E-state index is 0.00619. The van der Waals surface area contributed by atoms with Crippen LogP contribution in [0, 0.1) is 6.92 Å². The molecular formula is C16H15N5O2. The molecule has 1 aromatic carbocycles. The van der Waals surface area contributed by atoms with E-state index in [1.807, 2.05) is 54.1 Å². The van der Waals surface area contributed by atoms with Crippen LogP contribution >= 0.6 is 0 Å². The van der Waals surface area contributed by atoms with Gasteiger partial charge in [0, 0.05) is 18.4 Å². The van der Waals surface area contributed by atoms with Crippen LogP contribution in [0.3, 0.4) is 0 Å². The van der Waals surface area contributed by atoms with Crippen LogP contribution in [-0.4, -0.2) is 36.8 Å². The predicted octanol–water partition coefficient (Wildman–Crippen LogP) is 1.35. The number of ketones is 2. The third kappa shape index (κ3) is 3.39. The average molecular weight is 309 g/mol. The monoisotopic (exact) mass is 309 g/mol. The molecule has 0 aliphatic rings. The minimum Gasteiger partial charge on any atom is -0.347 e. The molecule has 7 heteroatoms. The number of nitrogens with zero attached hydrogens (tertiary/aromatic N) is 4. The first-order chi connectivity index (χ1) is 11.1. The van der Waals surface area contributed by atoms with Crippen LogP contribution < -0.4 is 0 Å². The fourth-order valence-corrected chi connectivity index (χ4v) is 2.28. The molecule has 0 aliphatic carbocycles. The molecule has 0 saturated carbocycles. The number of aryl methyl sites for hydroxylation is 1. The van der Waals surface area contributed by atoms with E-state index >= 15 is 0 Å². The Kier molecular flexibility index (Phi) is 4.09. The normalized spacial score (nSPS) is 10.7. The number of Topliss-reactive ketones (excluding diaryl/α,β-unsaturated/α-hetero) is 2. The summed E-state index contributed by atoms with van der Waals surface area (Å²) in [5, 5.41) is 12.5. The van der Waals surface area contributed by atoms with E-state index in [1.165, 1.54) is 5.56 Å². The van der Waals surface area contributed by atoms with E-state index in [0.29, 0.717) is 6.54 Å². The lowest BCUT2D eigenvalue weighted by molar-refractivity contribution is -0.114. The van der Waals surface area contributed by atoms with Gasteiger partial charge in [-0.25, -0.2) is 0 Å². The van der Waals surface area contributed by atoms with Crippen LogP contribution in [0.4, 0.5) is 0 Å². The first-order valence-electron chi connectivity index (χ1n) is 7.14. The molecule has 0 spiro atoms. The average Bonchev–Trinajstić information content (AvgIpc) is 3.21. The van der Waals surface area contributed by atoms with Gasteiger partial charge in [-0.15, -0.1) is 10.2 Å². The SMILES string of the molecule is Cc1ccc(Cn2cccc2CC(=O)C(=O)c2nn[nH]n2)cc1.